The molecule has 0 bridgehead atoms. The molecule has 1 aliphatic rings. The monoisotopic (exact) mass is 262 g/mol. The van der Waals surface area contributed by atoms with Crippen molar-refractivity contribution < 1.29 is 9.53 Å². The van der Waals surface area contributed by atoms with Crippen LogP contribution in [0.3, 0.4) is 0 Å². The highest BCUT2D eigenvalue weighted by molar-refractivity contribution is 5.74. The lowest BCUT2D eigenvalue weighted by atomic mass is 10.0. The van der Waals surface area contributed by atoms with E-state index in [1.54, 1.807) is 0 Å². The summed E-state index contributed by atoms with van der Waals surface area (Å²) in [5.41, 5.74) is 1.10. The van der Waals surface area contributed by atoms with Crippen LogP contribution in [0.5, 0.6) is 0 Å². The fourth-order valence-electron chi connectivity index (χ4n) is 2.54. The smallest absolute Gasteiger partial charge is 0.315 e. The molecule has 0 radical (unpaired) electrons. The first-order valence-electron chi connectivity index (χ1n) is 6.87. The molecule has 19 heavy (non-hydrogen) atoms. The second-order valence-electron chi connectivity index (χ2n) is 5.24. The largest absolute Gasteiger partial charge is 0.375 e. The average molecular weight is 262 g/mol. The molecule has 0 spiro atoms. The molecule has 2 rings (SSSR count). The molecule has 1 saturated heterocycles. The highest BCUT2D eigenvalue weighted by Gasteiger charge is 2.25. The lowest BCUT2D eigenvalue weighted by Gasteiger charge is -2.32. The molecular weight excluding hydrogens is 240 g/mol. The van der Waals surface area contributed by atoms with Gasteiger partial charge in [0.15, 0.2) is 0 Å². The standard InChI is InChI=1S/C15H22N2O2/c1-11-8-14(9-12(2)19-11)17-15(18)16-10-13-6-4-3-5-7-13/h3-7,11-12,14H,8-10H2,1-2H3,(H2,16,17,18). The van der Waals surface area contributed by atoms with Crippen LogP contribution in [0.2, 0.25) is 0 Å². The van der Waals surface area contributed by atoms with Gasteiger partial charge in [-0.1, -0.05) is 30.3 Å². The maximum Gasteiger partial charge on any atom is 0.315 e. The average Bonchev–Trinajstić information content (AvgIpc) is 2.36. The van der Waals surface area contributed by atoms with Gasteiger partial charge in [0.05, 0.1) is 12.2 Å². The molecule has 0 aromatic heterocycles. The molecule has 2 amide bonds. The van der Waals surface area contributed by atoms with Gasteiger partial charge in [0.25, 0.3) is 0 Å². The summed E-state index contributed by atoms with van der Waals surface area (Å²) < 4.78 is 5.66. The number of carbonyl (C=O) groups excluding carboxylic acids is 1. The normalized spacial score (nSPS) is 26.7. The van der Waals surface area contributed by atoms with Crippen LogP contribution >= 0.6 is 0 Å². The number of benzene rings is 1. The number of nitrogens with one attached hydrogen (secondary N) is 2. The maximum absolute atomic E-state index is 11.8. The van der Waals surface area contributed by atoms with E-state index in [1.165, 1.54) is 0 Å². The Morgan fingerprint density at radius 1 is 1.21 bits per heavy atom. The molecule has 0 saturated carbocycles. The van der Waals surface area contributed by atoms with Crippen molar-refractivity contribution in [2.45, 2.75) is 51.5 Å². The summed E-state index contributed by atoms with van der Waals surface area (Å²) in [4.78, 5) is 11.8. The Morgan fingerprint density at radius 3 is 2.47 bits per heavy atom. The first kappa shape index (κ1) is 13.9. The Morgan fingerprint density at radius 2 is 1.84 bits per heavy atom. The van der Waals surface area contributed by atoms with Crippen LogP contribution in [-0.2, 0) is 11.3 Å². The quantitative estimate of drug-likeness (QED) is 0.879. The minimum Gasteiger partial charge on any atom is -0.375 e. The van der Waals surface area contributed by atoms with Gasteiger partial charge in [0.1, 0.15) is 0 Å². The van der Waals surface area contributed by atoms with E-state index in [0.29, 0.717) is 6.54 Å². The van der Waals surface area contributed by atoms with Crippen molar-refractivity contribution in [1.82, 2.24) is 10.6 Å². The lowest BCUT2D eigenvalue weighted by Crippen LogP contribution is -2.47. The zero-order chi connectivity index (χ0) is 13.7. The van der Waals surface area contributed by atoms with E-state index >= 15 is 0 Å². The van der Waals surface area contributed by atoms with Crippen molar-refractivity contribution in [1.29, 1.82) is 0 Å². The molecule has 1 fully saturated rings. The van der Waals surface area contributed by atoms with Crippen LogP contribution in [-0.4, -0.2) is 24.3 Å². The third kappa shape index (κ3) is 4.56. The fourth-order valence-corrected chi connectivity index (χ4v) is 2.54. The molecule has 2 N–H and O–H groups in total. The molecule has 1 aliphatic heterocycles. The fraction of sp³-hybridized carbons (Fsp3) is 0.533. The third-order valence-corrected chi connectivity index (χ3v) is 3.33. The summed E-state index contributed by atoms with van der Waals surface area (Å²) in [6.07, 6.45) is 2.18. The van der Waals surface area contributed by atoms with Crippen LogP contribution in [0, 0.1) is 0 Å². The Balaban J connectivity index is 1.75. The molecule has 4 nitrogen and oxygen atoms in total. The zero-order valence-corrected chi connectivity index (χ0v) is 11.6. The summed E-state index contributed by atoms with van der Waals surface area (Å²) in [5.74, 6) is 0. The number of ether oxygens (including phenoxy) is 1. The second kappa shape index (κ2) is 6.57. The van der Waals surface area contributed by atoms with Gasteiger partial charge < -0.3 is 15.4 Å². The molecule has 4 heteroatoms. The van der Waals surface area contributed by atoms with Gasteiger partial charge in [-0.2, -0.15) is 0 Å². The van der Waals surface area contributed by atoms with E-state index in [-0.39, 0.29) is 24.3 Å². The summed E-state index contributed by atoms with van der Waals surface area (Å²) in [5, 5.41) is 5.90. The van der Waals surface area contributed by atoms with Crippen LogP contribution in [0.1, 0.15) is 32.3 Å². The van der Waals surface area contributed by atoms with Crippen LogP contribution in [0.25, 0.3) is 0 Å². The number of carbonyl (C=O) groups is 1. The highest BCUT2D eigenvalue weighted by Crippen LogP contribution is 2.18. The Bertz CT molecular complexity index is 398. The number of hydrogen-bond donors (Lipinski definition) is 2. The van der Waals surface area contributed by atoms with Crippen molar-refractivity contribution in [2.24, 2.45) is 0 Å². The van der Waals surface area contributed by atoms with Crippen LogP contribution in [0.4, 0.5) is 4.79 Å². The summed E-state index contributed by atoms with van der Waals surface area (Å²) in [7, 11) is 0. The van der Waals surface area contributed by atoms with Gasteiger partial charge in [0.2, 0.25) is 0 Å². The van der Waals surface area contributed by atoms with Crippen molar-refractivity contribution in [3.63, 3.8) is 0 Å². The zero-order valence-electron chi connectivity index (χ0n) is 11.6. The van der Waals surface area contributed by atoms with E-state index in [4.69, 9.17) is 4.74 Å². The molecule has 1 aromatic carbocycles. The third-order valence-electron chi connectivity index (χ3n) is 3.33. The van der Waals surface area contributed by atoms with E-state index in [1.807, 2.05) is 44.2 Å². The predicted octanol–water partition coefficient (Wildman–Crippen LogP) is 2.44. The molecular formula is C15H22N2O2. The Labute approximate surface area is 114 Å². The number of rotatable bonds is 3. The SMILES string of the molecule is CC1CC(NC(=O)NCc2ccccc2)CC(C)O1. The lowest BCUT2D eigenvalue weighted by molar-refractivity contribution is -0.0402. The number of urea groups is 1. The topological polar surface area (TPSA) is 50.4 Å². The van der Waals surface area contributed by atoms with Crippen molar-refractivity contribution in [3.05, 3.63) is 35.9 Å². The summed E-state index contributed by atoms with van der Waals surface area (Å²) in [6.45, 7) is 4.65. The Hall–Kier alpha value is -1.55. The van der Waals surface area contributed by atoms with Gasteiger partial charge in [0, 0.05) is 12.6 Å². The van der Waals surface area contributed by atoms with Gasteiger partial charge in [-0.25, -0.2) is 4.79 Å². The minimum atomic E-state index is -0.102. The van der Waals surface area contributed by atoms with Gasteiger partial charge in [-0.3, -0.25) is 0 Å². The first-order chi connectivity index (χ1) is 9.13. The molecule has 0 aliphatic carbocycles. The van der Waals surface area contributed by atoms with E-state index in [9.17, 15) is 4.79 Å². The van der Waals surface area contributed by atoms with Gasteiger partial charge in [-0.15, -0.1) is 0 Å². The van der Waals surface area contributed by atoms with E-state index in [0.717, 1.165) is 18.4 Å². The van der Waals surface area contributed by atoms with Gasteiger partial charge >= 0.3 is 6.03 Å². The van der Waals surface area contributed by atoms with Crippen LogP contribution < -0.4 is 10.6 Å². The highest BCUT2D eigenvalue weighted by atomic mass is 16.5. The molecule has 1 aromatic rings. The Kier molecular flexibility index (Phi) is 4.80. The summed E-state index contributed by atoms with van der Waals surface area (Å²) in [6, 6.07) is 10.0. The van der Waals surface area contributed by atoms with Crippen molar-refractivity contribution >= 4 is 6.03 Å². The van der Waals surface area contributed by atoms with Crippen molar-refractivity contribution in [2.75, 3.05) is 0 Å². The van der Waals surface area contributed by atoms with Crippen molar-refractivity contribution in [3.8, 4) is 0 Å². The first-order valence-corrected chi connectivity index (χ1v) is 6.87. The molecule has 1 heterocycles. The van der Waals surface area contributed by atoms with E-state index in [2.05, 4.69) is 10.6 Å². The maximum atomic E-state index is 11.8. The predicted molar refractivity (Wildman–Crippen MR) is 74.8 cm³/mol. The minimum absolute atomic E-state index is 0.102. The molecule has 2 unspecified atom stereocenters. The number of hydrogen-bond acceptors (Lipinski definition) is 2. The van der Waals surface area contributed by atoms with E-state index < -0.39 is 0 Å². The van der Waals surface area contributed by atoms with Gasteiger partial charge in [-0.05, 0) is 32.3 Å². The van der Waals surface area contributed by atoms with Crippen LogP contribution in [0.15, 0.2) is 30.3 Å². The molecule has 2 atom stereocenters. The second-order valence-corrected chi connectivity index (χ2v) is 5.24. The molecule has 104 valence electrons. The number of amides is 2. The summed E-state index contributed by atoms with van der Waals surface area (Å²) >= 11 is 0.